The van der Waals surface area contributed by atoms with Crippen LogP contribution in [0.2, 0.25) is 0 Å². The Morgan fingerprint density at radius 1 is 1.09 bits per heavy atom. The molecule has 0 fully saturated rings. The van der Waals surface area contributed by atoms with Crippen molar-refractivity contribution in [2.24, 2.45) is 0 Å². The molecule has 0 bridgehead atoms. The summed E-state index contributed by atoms with van der Waals surface area (Å²) in [6, 6.07) is 0. The number of hydrogen-bond donors (Lipinski definition) is 0. The van der Waals surface area contributed by atoms with Gasteiger partial charge in [0.15, 0.2) is 0 Å². The fraction of sp³-hybridized carbons (Fsp3) is 0.714. The quantitative estimate of drug-likeness (QED) is 0.536. The van der Waals surface area contributed by atoms with Gasteiger partial charge in [0, 0.05) is 27.7 Å². The van der Waals surface area contributed by atoms with Crippen molar-refractivity contribution in [2.75, 3.05) is 27.7 Å². The maximum absolute atomic E-state index is 9.66. The van der Waals surface area contributed by atoms with Crippen LogP contribution >= 0.6 is 0 Å². The van der Waals surface area contributed by atoms with Crippen LogP contribution in [0.3, 0.4) is 0 Å². The van der Waals surface area contributed by atoms with Crippen LogP contribution in [-0.2, 0) is 9.59 Å². The summed E-state index contributed by atoms with van der Waals surface area (Å²) in [7, 11) is 5.12. The summed E-state index contributed by atoms with van der Waals surface area (Å²) in [5.74, 6) is 0. The number of carbonyl (C=O) groups is 2. The minimum absolute atomic E-state index is 0.750. The summed E-state index contributed by atoms with van der Waals surface area (Å²) >= 11 is 0. The fourth-order valence-corrected chi connectivity index (χ4v) is 0.0745. The highest BCUT2D eigenvalue weighted by Gasteiger charge is 1.79. The van der Waals surface area contributed by atoms with Crippen LogP contribution in [0.15, 0.2) is 0 Å². The van der Waals surface area contributed by atoms with Gasteiger partial charge in [-0.25, -0.2) is 0 Å². The van der Waals surface area contributed by atoms with E-state index in [2.05, 4.69) is 0 Å². The van der Waals surface area contributed by atoms with Gasteiger partial charge in [0.2, 0.25) is 12.8 Å². The highest BCUT2D eigenvalue weighted by atomic mass is 16.1. The van der Waals surface area contributed by atoms with Crippen molar-refractivity contribution in [3.8, 4) is 0 Å². The maximum Gasteiger partial charge on any atom is 0.209 e. The minimum Gasteiger partial charge on any atom is -0.351 e. The lowest BCUT2D eigenvalue weighted by atomic mass is 10.7. The topological polar surface area (TPSA) is 40.6 Å². The van der Waals surface area contributed by atoms with Crippen LogP contribution in [-0.4, -0.2) is 50.3 Å². The first-order valence-corrected chi connectivity index (χ1v) is 3.35. The first-order chi connectivity index (χ1) is 5.08. The third-order valence-electron chi connectivity index (χ3n) is 0.890. The maximum atomic E-state index is 9.66. The van der Waals surface area contributed by atoms with E-state index in [1.165, 1.54) is 4.90 Å². The van der Waals surface area contributed by atoms with E-state index in [9.17, 15) is 9.59 Å². The molecular formula is C7H16N2O2. The molecule has 11 heavy (non-hydrogen) atoms. The Balaban J connectivity index is 0. The Morgan fingerprint density at radius 2 is 1.45 bits per heavy atom. The number of amides is 2. The molecule has 0 aromatic carbocycles. The standard InChI is InChI=1S/C4H9NO.C3H7NO/c1-3-5(2)4-6;1-4(2)3-5/h4H,3H2,1-2H3;3H,1-2H3. The van der Waals surface area contributed by atoms with Crippen molar-refractivity contribution in [3.05, 3.63) is 0 Å². The zero-order chi connectivity index (χ0) is 9.28. The summed E-state index contributed by atoms with van der Waals surface area (Å²) in [4.78, 5) is 22.1. The monoisotopic (exact) mass is 160 g/mol. The molecule has 0 aromatic heterocycles. The van der Waals surface area contributed by atoms with Gasteiger partial charge in [0.25, 0.3) is 0 Å². The van der Waals surface area contributed by atoms with Gasteiger partial charge in [-0.15, -0.1) is 0 Å². The lowest BCUT2D eigenvalue weighted by molar-refractivity contribution is -0.117. The van der Waals surface area contributed by atoms with Gasteiger partial charge in [0.1, 0.15) is 0 Å². The van der Waals surface area contributed by atoms with E-state index in [0.717, 1.165) is 19.4 Å². The van der Waals surface area contributed by atoms with Crippen LogP contribution in [0, 0.1) is 0 Å². The van der Waals surface area contributed by atoms with Gasteiger partial charge in [-0.05, 0) is 6.92 Å². The van der Waals surface area contributed by atoms with E-state index < -0.39 is 0 Å². The van der Waals surface area contributed by atoms with E-state index in [4.69, 9.17) is 0 Å². The van der Waals surface area contributed by atoms with Crippen LogP contribution in [0.1, 0.15) is 6.92 Å². The van der Waals surface area contributed by atoms with Crippen molar-refractivity contribution >= 4 is 12.8 Å². The van der Waals surface area contributed by atoms with Gasteiger partial charge in [-0.2, -0.15) is 0 Å². The van der Waals surface area contributed by atoms with E-state index in [1.807, 2.05) is 6.92 Å². The molecule has 0 unspecified atom stereocenters. The molecule has 0 spiro atoms. The molecular weight excluding hydrogens is 144 g/mol. The fourth-order valence-electron chi connectivity index (χ4n) is 0.0745. The Morgan fingerprint density at radius 3 is 1.45 bits per heavy atom. The molecule has 0 aliphatic rings. The van der Waals surface area contributed by atoms with Gasteiger partial charge in [0.05, 0.1) is 0 Å². The van der Waals surface area contributed by atoms with Crippen molar-refractivity contribution in [1.82, 2.24) is 9.80 Å². The zero-order valence-electron chi connectivity index (χ0n) is 7.57. The minimum atomic E-state index is 0.750. The largest absolute Gasteiger partial charge is 0.351 e. The normalized spacial score (nSPS) is 7.27. The molecule has 66 valence electrons. The molecule has 0 heterocycles. The summed E-state index contributed by atoms with van der Waals surface area (Å²) < 4.78 is 0. The Hall–Kier alpha value is -1.06. The first-order valence-electron chi connectivity index (χ1n) is 3.35. The van der Waals surface area contributed by atoms with Crippen molar-refractivity contribution in [3.63, 3.8) is 0 Å². The van der Waals surface area contributed by atoms with E-state index in [1.54, 1.807) is 26.0 Å². The summed E-state index contributed by atoms with van der Waals surface area (Å²) in [5, 5.41) is 0. The molecule has 0 aromatic rings. The van der Waals surface area contributed by atoms with Gasteiger partial charge in [-0.1, -0.05) is 0 Å². The van der Waals surface area contributed by atoms with Crippen molar-refractivity contribution < 1.29 is 9.59 Å². The molecule has 0 saturated carbocycles. The van der Waals surface area contributed by atoms with Crippen LogP contribution < -0.4 is 0 Å². The van der Waals surface area contributed by atoms with Gasteiger partial charge >= 0.3 is 0 Å². The molecule has 0 aliphatic heterocycles. The zero-order valence-corrected chi connectivity index (χ0v) is 7.57. The highest BCUT2D eigenvalue weighted by Crippen LogP contribution is 1.66. The summed E-state index contributed by atoms with van der Waals surface area (Å²) in [6.45, 7) is 2.72. The van der Waals surface area contributed by atoms with Gasteiger partial charge in [-0.3, -0.25) is 9.59 Å². The second kappa shape index (κ2) is 8.94. The predicted molar refractivity (Wildman–Crippen MR) is 44.1 cm³/mol. The third kappa shape index (κ3) is 17.6. The average Bonchev–Trinajstić information content (AvgIpc) is 2.04. The number of rotatable bonds is 3. The van der Waals surface area contributed by atoms with Crippen LogP contribution in [0.25, 0.3) is 0 Å². The SMILES string of the molecule is CCN(C)C=O.CN(C)C=O. The molecule has 0 radical (unpaired) electrons. The Kier molecular flexibility index (Phi) is 10.2. The average molecular weight is 160 g/mol. The van der Waals surface area contributed by atoms with Crippen molar-refractivity contribution in [2.45, 2.75) is 6.92 Å². The first kappa shape index (κ1) is 12.6. The second-order valence-electron chi connectivity index (χ2n) is 2.25. The van der Waals surface area contributed by atoms with Gasteiger partial charge < -0.3 is 9.80 Å². The number of nitrogens with zero attached hydrogens (tertiary/aromatic N) is 2. The van der Waals surface area contributed by atoms with Crippen molar-refractivity contribution in [1.29, 1.82) is 0 Å². The molecule has 0 rings (SSSR count). The summed E-state index contributed by atoms with van der Waals surface area (Å²) in [5.41, 5.74) is 0. The van der Waals surface area contributed by atoms with Crippen LogP contribution in [0.4, 0.5) is 0 Å². The second-order valence-corrected chi connectivity index (χ2v) is 2.25. The van der Waals surface area contributed by atoms with E-state index in [0.29, 0.717) is 0 Å². The molecule has 0 atom stereocenters. The lowest BCUT2D eigenvalue weighted by Gasteiger charge is -2.01. The van der Waals surface area contributed by atoms with Crippen LogP contribution in [0.5, 0.6) is 0 Å². The Bertz CT molecular complexity index is 105. The predicted octanol–water partition coefficient (Wildman–Crippen LogP) is -0.201. The number of hydrogen-bond acceptors (Lipinski definition) is 2. The smallest absolute Gasteiger partial charge is 0.209 e. The Labute approximate surface area is 67.8 Å². The third-order valence-corrected chi connectivity index (χ3v) is 0.890. The molecule has 0 saturated heterocycles. The molecule has 0 N–H and O–H groups in total. The van der Waals surface area contributed by atoms with E-state index in [-0.39, 0.29) is 0 Å². The molecule has 2 amide bonds. The molecule has 0 aliphatic carbocycles. The lowest BCUT2D eigenvalue weighted by Crippen LogP contribution is -2.13. The number of carbonyl (C=O) groups excluding carboxylic acids is 2. The molecule has 4 nitrogen and oxygen atoms in total. The van der Waals surface area contributed by atoms with E-state index >= 15 is 0 Å². The highest BCUT2D eigenvalue weighted by molar-refractivity contribution is 5.46. The summed E-state index contributed by atoms with van der Waals surface area (Å²) in [6.07, 6.45) is 1.56. The molecule has 4 heteroatoms.